The average molecular weight is 351 g/mol. The number of benzene rings is 1. The van der Waals surface area contributed by atoms with Gasteiger partial charge < -0.3 is 19.7 Å². The zero-order chi connectivity index (χ0) is 18.7. The Hall–Kier alpha value is -3.04. The highest BCUT2D eigenvalue weighted by molar-refractivity contribution is 5.94. The summed E-state index contributed by atoms with van der Waals surface area (Å²) >= 11 is 0. The lowest BCUT2D eigenvalue weighted by Crippen LogP contribution is -2.25. The van der Waals surface area contributed by atoms with Gasteiger partial charge in [0.15, 0.2) is 0 Å². The van der Waals surface area contributed by atoms with Crippen LogP contribution < -0.4 is 4.90 Å². The number of anilines is 1. The third-order valence-corrected chi connectivity index (χ3v) is 4.47. The number of esters is 1. The minimum absolute atomic E-state index is 0.0426. The van der Waals surface area contributed by atoms with Gasteiger partial charge in [-0.25, -0.2) is 4.79 Å². The van der Waals surface area contributed by atoms with Gasteiger partial charge >= 0.3 is 5.97 Å². The van der Waals surface area contributed by atoms with E-state index in [4.69, 9.17) is 4.74 Å². The summed E-state index contributed by atoms with van der Waals surface area (Å²) in [4.78, 5) is 17.2. The van der Waals surface area contributed by atoms with Gasteiger partial charge in [-0.05, 0) is 37.3 Å². The lowest BCUT2D eigenvalue weighted by atomic mass is 10.0. The molecule has 1 aliphatic heterocycles. The molecule has 1 atom stereocenters. The number of nitriles is 1. The molecule has 134 valence electrons. The molecule has 0 amide bonds. The number of aliphatic hydroxyl groups excluding tert-OH is 1. The van der Waals surface area contributed by atoms with Crippen LogP contribution in [0.15, 0.2) is 47.7 Å². The van der Waals surface area contributed by atoms with Crippen molar-refractivity contribution in [1.82, 2.24) is 4.98 Å². The summed E-state index contributed by atoms with van der Waals surface area (Å²) in [6.45, 7) is 4.37. The van der Waals surface area contributed by atoms with Gasteiger partial charge in [-0.2, -0.15) is 5.26 Å². The molecule has 6 heteroatoms. The summed E-state index contributed by atoms with van der Waals surface area (Å²) in [6.07, 6.45) is 3.42. The first-order valence-corrected chi connectivity index (χ1v) is 8.56. The van der Waals surface area contributed by atoms with E-state index in [0.717, 1.165) is 22.3 Å². The fourth-order valence-corrected chi connectivity index (χ4v) is 2.93. The highest BCUT2D eigenvalue weighted by atomic mass is 16.5. The summed E-state index contributed by atoms with van der Waals surface area (Å²) in [5, 5.41) is 19.8. The van der Waals surface area contributed by atoms with E-state index in [1.165, 1.54) is 0 Å². The van der Waals surface area contributed by atoms with Crippen molar-refractivity contribution in [2.75, 3.05) is 24.7 Å². The van der Waals surface area contributed by atoms with E-state index in [-0.39, 0.29) is 19.1 Å². The second kappa shape index (κ2) is 7.46. The van der Waals surface area contributed by atoms with E-state index in [1.54, 1.807) is 19.2 Å². The first-order chi connectivity index (χ1) is 12.6. The SMILES string of the molecule is CCOC(=O)C1=C(C#N)CN(c2ccc3[nH]c(C(C)CO)cc3c2)C=C1. The van der Waals surface area contributed by atoms with E-state index >= 15 is 0 Å². The number of hydrogen-bond acceptors (Lipinski definition) is 5. The van der Waals surface area contributed by atoms with E-state index in [9.17, 15) is 15.2 Å². The van der Waals surface area contributed by atoms with Gasteiger partial charge in [0, 0.05) is 34.4 Å². The van der Waals surface area contributed by atoms with Crippen molar-refractivity contribution in [2.24, 2.45) is 0 Å². The Morgan fingerprint density at radius 2 is 2.27 bits per heavy atom. The highest BCUT2D eigenvalue weighted by Crippen LogP contribution is 2.28. The van der Waals surface area contributed by atoms with Gasteiger partial charge in [0.2, 0.25) is 0 Å². The molecule has 2 aromatic rings. The summed E-state index contributed by atoms with van der Waals surface area (Å²) in [5.74, 6) is -0.426. The maximum Gasteiger partial charge on any atom is 0.339 e. The number of rotatable bonds is 5. The summed E-state index contributed by atoms with van der Waals surface area (Å²) < 4.78 is 5.01. The van der Waals surface area contributed by atoms with Crippen LogP contribution in [0.1, 0.15) is 25.5 Å². The number of carbonyl (C=O) groups excluding carboxylic acids is 1. The maximum atomic E-state index is 12.0. The van der Waals surface area contributed by atoms with Crippen molar-refractivity contribution in [3.63, 3.8) is 0 Å². The van der Waals surface area contributed by atoms with Gasteiger partial charge in [-0.3, -0.25) is 0 Å². The number of nitrogens with zero attached hydrogens (tertiary/aromatic N) is 2. The van der Waals surface area contributed by atoms with E-state index in [1.807, 2.05) is 36.1 Å². The fourth-order valence-electron chi connectivity index (χ4n) is 2.93. The second-order valence-corrected chi connectivity index (χ2v) is 6.25. The van der Waals surface area contributed by atoms with Gasteiger partial charge in [-0.15, -0.1) is 0 Å². The summed E-state index contributed by atoms with van der Waals surface area (Å²) in [7, 11) is 0. The van der Waals surface area contributed by atoms with Crippen LogP contribution in [0.5, 0.6) is 0 Å². The first-order valence-electron chi connectivity index (χ1n) is 8.56. The van der Waals surface area contributed by atoms with Crippen LogP contribution in [-0.2, 0) is 9.53 Å². The molecule has 26 heavy (non-hydrogen) atoms. The number of nitrogens with one attached hydrogen (secondary N) is 1. The fraction of sp³-hybridized carbons (Fsp3) is 0.300. The monoisotopic (exact) mass is 351 g/mol. The molecule has 0 fully saturated rings. The summed E-state index contributed by atoms with van der Waals surface area (Å²) in [6, 6.07) is 10.1. The third-order valence-electron chi connectivity index (χ3n) is 4.47. The molecule has 1 aliphatic rings. The molecule has 0 spiro atoms. The molecular formula is C20H21N3O3. The number of ether oxygens (including phenoxy) is 1. The number of carbonyl (C=O) groups is 1. The van der Waals surface area contributed by atoms with E-state index in [2.05, 4.69) is 11.1 Å². The third kappa shape index (κ3) is 3.35. The number of aromatic amines is 1. The zero-order valence-electron chi connectivity index (χ0n) is 14.8. The van der Waals surface area contributed by atoms with Gasteiger partial charge in [0.1, 0.15) is 0 Å². The van der Waals surface area contributed by atoms with Crippen molar-refractivity contribution in [3.05, 3.63) is 53.4 Å². The van der Waals surface area contributed by atoms with Crippen molar-refractivity contribution in [2.45, 2.75) is 19.8 Å². The Balaban J connectivity index is 1.88. The molecule has 0 saturated carbocycles. The predicted molar refractivity (Wildman–Crippen MR) is 99.6 cm³/mol. The Labute approximate surface area is 152 Å². The molecule has 6 nitrogen and oxygen atoms in total. The molecule has 3 rings (SSSR count). The minimum Gasteiger partial charge on any atom is -0.462 e. The molecule has 1 unspecified atom stereocenters. The van der Waals surface area contributed by atoms with Crippen LogP contribution in [0.2, 0.25) is 0 Å². The van der Waals surface area contributed by atoms with Crippen LogP contribution in [0.3, 0.4) is 0 Å². The van der Waals surface area contributed by atoms with Gasteiger partial charge in [0.05, 0.1) is 37.0 Å². The Morgan fingerprint density at radius 1 is 1.46 bits per heavy atom. The molecule has 2 heterocycles. The van der Waals surface area contributed by atoms with Crippen molar-refractivity contribution in [3.8, 4) is 6.07 Å². The van der Waals surface area contributed by atoms with Crippen LogP contribution in [-0.4, -0.2) is 35.8 Å². The van der Waals surface area contributed by atoms with Crippen molar-refractivity contribution in [1.29, 1.82) is 5.26 Å². The molecule has 1 aromatic heterocycles. The lowest BCUT2D eigenvalue weighted by molar-refractivity contribution is -0.138. The molecule has 1 aromatic carbocycles. The Kier molecular flexibility index (Phi) is 5.10. The molecular weight excluding hydrogens is 330 g/mol. The normalized spacial score (nSPS) is 15.2. The minimum atomic E-state index is -0.469. The van der Waals surface area contributed by atoms with Crippen LogP contribution in [0.4, 0.5) is 5.69 Å². The number of aromatic nitrogens is 1. The van der Waals surface area contributed by atoms with Gasteiger partial charge in [-0.1, -0.05) is 6.92 Å². The largest absolute Gasteiger partial charge is 0.462 e. The quantitative estimate of drug-likeness (QED) is 0.809. The van der Waals surface area contributed by atoms with Crippen LogP contribution in [0, 0.1) is 11.3 Å². The second-order valence-electron chi connectivity index (χ2n) is 6.25. The van der Waals surface area contributed by atoms with Gasteiger partial charge in [0.25, 0.3) is 0 Å². The predicted octanol–water partition coefficient (Wildman–Crippen LogP) is 2.98. The van der Waals surface area contributed by atoms with Crippen molar-refractivity contribution >= 4 is 22.6 Å². The Morgan fingerprint density at radius 3 is 2.96 bits per heavy atom. The maximum absolute atomic E-state index is 12.0. The number of fused-ring (bicyclic) bond motifs is 1. The molecule has 0 radical (unpaired) electrons. The highest BCUT2D eigenvalue weighted by Gasteiger charge is 2.21. The standard InChI is InChI=1S/C20H21N3O3/c1-3-26-20(25)17-6-7-23(11-15(17)10-21)16-4-5-18-14(8-16)9-19(22-18)13(2)12-24/h4-9,13,22,24H,3,11-12H2,1-2H3. The lowest BCUT2D eigenvalue weighted by Gasteiger charge is -2.24. The van der Waals surface area contributed by atoms with E-state index < -0.39 is 5.97 Å². The molecule has 0 saturated heterocycles. The molecule has 0 bridgehead atoms. The van der Waals surface area contributed by atoms with Crippen molar-refractivity contribution < 1.29 is 14.6 Å². The first kappa shape index (κ1) is 17.8. The van der Waals surface area contributed by atoms with Crippen LogP contribution >= 0.6 is 0 Å². The topological polar surface area (TPSA) is 89.4 Å². The molecule has 0 aliphatic carbocycles. The smallest absolute Gasteiger partial charge is 0.339 e. The molecule has 2 N–H and O–H groups in total. The summed E-state index contributed by atoms with van der Waals surface area (Å²) in [5.41, 5.74) is 3.60. The number of aliphatic hydroxyl groups is 1. The van der Waals surface area contributed by atoms with E-state index in [0.29, 0.717) is 17.7 Å². The zero-order valence-corrected chi connectivity index (χ0v) is 14.8. The number of hydrogen-bond donors (Lipinski definition) is 2. The average Bonchev–Trinajstić information content (AvgIpc) is 3.10. The number of H-pyrrole nitrogens is 1. The Bertz CT molecular complexity index is 933. The van der Waals surface area contributed by atoms with Crippen LogP contribution in [0.25, 0.3) is 10.9 Å².